The average molecular weight is 223 g/mol. The lowest BCUT2D eigenvalue weighted by Gasteiger charge is -2.13. The van der Waals surface area contributed by atoms with Gasteiger partial charge in [-0.25, -0.2) is 4.39 Å². The van der Waals surface area contributed by atoms with E-state index in [4.69, 9.17) is 0 Å². The van der Waals surface area contributed by atoms with Crippen molar-refractivity contribution in [2.24, 2.45) is 0 Å². The summed E-state index contributed by atoms with van der Waals surface area (Å²) in [4.78, 5) is 11.3. The first-order valence-electron chi connectivity index (χ1n) is 5.30. The molecule has 1 aromatic rings. The second-order valence-corrected chi connectivity index (χ2v) is 3.92. The summed E-state index contributed by atoms with van der Waals surface area (Å²) in [5.41, 5.74) is 1.01. The zero-order chi connectivity index (χ0) is 11.5. The molecule has 0 aromatic heterocycles. The number of methoxy groups -OCH3 is 1. The van der Waals surface area contributed by atoms with Gasteiger partial charge in [0.15, 0.2) is 0 Å². The Balaban J connectivity index is 2.03. The molecular formula is C12H14FNO2. The number of ether oxygens (including phenoxy) is 1. The molecular weight excluding hydrogens is 209 g/mol. The fourth-order valence-corrected chi connectivity index (χ4v) is 2.03. The third-order valence-electron chi connectivity index (χ3n) is 2.90. The number of carbonyl (C=O) groups is 1. The van der Waals surface area contributed by atoms with Crippen LogP contribution in [0.25, 0.3) is 0 Å². The Morgan fingerprint density at radius 3 is 2.69 bits per heavy atom. The van der Waals surface area contributed by atoms with E-state index < -0.39 is 0 Å². The Morgan fingerprint density at radius 1 is 1.38 bits per heavy atom. The van der Waals surface area contributed by atoms with Crippen LogP contribution in [-0.4, -0.2) is 19.1 Å². The summed E-state index contributed by atoms with van der Waals surface area (Å²) < 4.78 is 17.4. The molecule has 1 aromatic carbocycles. The Kier molecular flexibility index (Phi) is 3.19. The van der Waals surface area contributed by atoms with Gasteiger partial charge in [0.1, 0.15) is 11.9 Å². The van der Waals surface area contributed by atoms with Crippen molar-refractivity contribution in [3.05, 3.63) is 35.6 Å². The summed E-state index contributed by atoms with van der Waals surface area (Å²) in [6.07, 6.45) is 1.63. The Labute approximate surface area is 93.6 Å². The molecule has 4 heteroatoms. The van der Waals surface area contributed by atoms with Gasteiger partial charge in [-0.1, -0.05) is 12.1 Å². The van der Waals surface area contributed by atoms with Crippen molar-refractivity contribution < 1.29 is 13.9 Å². The van der Waals surface area contributed by atoms with Gasteiger partial charge in [-0.3, -0.25) is 10.1 Å². The van der Waals surface area contributed by atoms with Gasteiger partial charge in [-0.05, 0) is 30.5 Å². The molecule has 16 heavy (non-hydrogen) atoms. The van der Waals surface area contributed by atoms with E-state index in [1.807, 2.05) is 0 Å². The van der Waals surface area contributed by atoms with E-state index in [1.54, 1.807) is 12.1 Å². The minimum Gasteiger partial charge on any atom is -0.468 e. The van der Waals surface area contributed by atoms with Gasteiger partial charge < -0.3 is 4.74 Å². The van der Waals surface area contributed by atoms with Crippen molar-refractivity contribution >= 4 is 5.97 Å². The van der Waals surface area contributed by atoms with Crippen LogP contribution in [0, 0.1) is 5.82 Å². The Morgan fingerprint density at radius 2 is 2.06 bits per heavy atom. The first-order valence-corrected chi connectivity index (χ1v) is 5.30. The quantitative estimate of drug-likeness (QED) is 0.777. The molecule has 3 nitrogen and oxygen atoms in total. The van der Waals surface area contributed by atoms with Gasteiger partial charge in [0.25, 0.3) is 0 Å². The minimum absolute atomic E-state index is 0.115. The van der Waals surface area contributed by atoms with Gasteiger partial charge in [0.05, 0.1) is 7.11 Å². The van der Waals surface area contributed by atoms with Crippen molar-refractivity contribution in [2.45, 2.75) is 24.9 Å². The monoisotopic (exact) mass is 223 g/mol. The smallest absolute Gasteiger partial charge is 0.322 e. The molecule has 0 saturated carbocycles. The van der Waals surface area contributed by atoms with Gasteiger partial charge in [0.2, 0.25) is 0 Å². The Hall–Kier alpha value is -1.42. The van der Waals surface area contributed by atoms with Crippen molar-refractivity contribution in [1.82, 2.24) is 5.32 Å². The highest BCUT2D eigenvalue weighted by atomic mass is 19.1. The summed E-state index contributed by atoms with van der Waals surface area (Å²) in [6.45, 7) is 0. The highest BCUT2D eigenvalue weighted by Gasteiger charge is 2.30. The molecule has 0 amide bonds. The zero-order valence-corrected chi connectivity index (χ0v) is 9.07. The highest BCUT2D eigenvalue weighted by molar-refractivity contribution is 5.76. The molecule has 1 N–H and O–H groups in total. The van der Waals surface area contributed by atoms with Crippen LogP contribution in [0.15, 0.2) is 24.3 Å². The second kappa shape index (κ2) is 4.61. The molecule has 2 atom stereocenters. The van der Waals surface area contributed by atoms with E-state index in [0.29, 0.717) is 0 Å². The molecule has 1 fully saturated rings. The molecule has 1 heterocycles. The van der Waals surface area contributed by atoms with Crippen molar-refractivity contribution in [3.8, 4) is 0 Å². The molecule has 0 spiro atoms. The fourth-order valence-electron chi connectivity index (χ4n) is 2.03. The maximum Gasteiger partial charge on any atom is 0.322 e. The molecule has 0 aliphatic carbocycles. The third-order valence-corrected chi connectivity index (χ3v) is 2.90. The van der Waals surface area contributed by atoms with Crippen LogP contribution in [0.2, 0.25) is 0 Å². The number of rotatable bonds is 2. The number of esters is 1. The van der Waals surface area contributed by atoms with Crippen LogP contribution in [0.3, 0.4) is 0 Å². The van der Waals surface area contributed by atoms with Crippen LogP contribution >= 0.6 is 0 Å². The molecule has 86 valence electrons. The van der Waals surface area contributed by atoms with Crippen molar-refractivity contribution in [1.29, 1.82) is 0 Å². The predicted molar refractivity (Wildman–Crippen MR) is 57.3 cm³/mol. The topological polar surface area (TPSA) is 38.3 Å². The normalized spacial score (nSPS) is 24.4. The van der Waals surface area contributed by atoms with Gasteiger partial charge in [0, 0.05) is 6.04 Å². The van der Waals surface area contributed by atoms with E-state index in [0.717, 1.165) is 18.4 Å². The maximum absolute atomic E-state index is 12.7. The van der Waals surface area contributed by atoms with Crippen molar-refractivity contribution in [3.63, 3.8) is 0 Å². The first kappa shape index (κ1) is 11.1. The lowest BCUT2D eigenvalue weighted by Crippen LogP contribution is -2.33. The summed E-state index contributed by atoms with van der Waals surface area (Å²) in [6, 6.07) is 6.23. The van der Waals surface area contributed by atoms with Crippen molar-refractivity contribution in [2.75, 3.05) is 7.11 Å². The highest BCUT2D eigenvalue weighted by Crippen LogP contribution is 2.26. The lowest BCUT2D eigenvalue weighted by molar-refractivity contribution is -0.142. The van der Waals surface area contributed by atoms with Gasteiger partial charge in [-0.15, -0.1) is 0 Å². The number of hydrogen-bond donors (Lipinski definition) is 1. The summed E-state index contributed by atoms with van der Waals surface area (Å²) >= 11 is 0. The van der Waals surface area contributed by atoms with Crippen LogP contribution < -0.4 is 5.32 Å². The van der Waals surface area contributed by atoms with Crippen LogP contribution in [0.4, 0.5) is 4.39 Å². The standard InChI is InChI=1S/C12H14FNO2/c1-16-12(15)11-7-6-10(14-11)8-2-4-9(13)5-3-8/h2-5,10-11,14H,6-7H2,1H3/t10-,11-/m0/s1. The minimum atomic E-state index is -0.244. The average Bonchev–Trinajstić information content (AvgIpc) is 2.78. The number of nitrogens with one attached hydrogen (secondary N) is 1. The van der Waals surface area contributed by atoms with E-state index in [9.17, 15) is 9.18 Å². The van der Waals surface area contributed by atoms with E-state index in [2.05, 4.69) is 10.1 Å². The van der Waals surface area contributed by atoms with Gasteiger partial charge >= 0.3 is 5.97 Å². The maximum atomic E-state index is 12.7. The summed E-state index contributed by atoms with van der Waals surface area (Å²) in [5.74, 6) is -0.476. The lowest BCUT2D eigenvalue weighted by atomic mass is 10.1. The fraction of sp³-hybridized carbons (Fsp3) is 0.417. The van der Waals surface area contributed by atoms with E-state index in [-0.39, 0.29) is 23.9 Å². The van der Waals surface area contributed by atoms with E-state index in [1.165, 1.54) is 19.2 Å². The van der Waals surface area contributed by atoms with Crippen LogP contribution in [0.1, 0.15) is 24.4 Å². The molecule has 0 bridgehead atoms. The van der Waals surface area contributed by atoms with Gasteiger partial charge in [-0.2, -0.15) is 0 Å². The van der Waals surface area contributed by atoms with Crippen LogP contribution in [-0.2, 0) is 9.53 Å². The number of halogens is 1. The molecule has 1 saturated heterocycles. The summed E-state index contributed by atoms with van der Waals surface area (Å²) in [5, 5.41) is 3.18. The van der Waals surface area contributed by atoms with Crippen LogP contribution in [0.5, 0.6) is 0 Å². The first-order chi connectivity index (χ1) is 7.70. The zero-order valence-electron chi connectivity index (χ0n) is 9.07. The number of carbonyl (C=O) groups excluding carboxylic acids is 1. The SMILES string of the molecule is COC(=O)[C@@H]1CC[C@@H](c2ccc(F)cc2)N1. The predicted octanol–water partition coefficient (Wildman–Crippen LogP) is 1.79. The number of benzene rings is 1. The number of hydrogen-bond acceptors (Lipinski definition) is 3. The molecule has 2 rings (SSSR count). The third kappa shape index (κ3) is 2.22. The van der Waals surface area contributed by atoms with E-state index >= 15 is 0 Å². The summed E-state index contributed by atoms with van der Waals surface area (Å²) in [7, 11) is 1.38. The Bertz CT molecular complexity index is 377. The molecule has 0 radical (unpaired) electrons. The molecule has 1 aliphatic rings. The molecule has 1 aliphatic heterocycles. The molecule has 0 unspecified atom stereocenters. The largest absolute Gasteiger partial charge is 0.468 e. The second-order valence-electron chi connectivity index (χ2n) is 3.92.